The highest BCUT2D eigenvalue weighted by Crippen LogP contribution is 2.16. The summed E-state index contributed by atoms with van der Waals surface area (Å²) in [5, 5.41) is 0. The van der Waals surface area contributed by atoms with Gasteiger partial charge in [-0.15, -0.1) is 0 Å². The molecule has 1 atom stereocenters. The van der Waals surface area contributed by atoms with Gasteiger partial charge in [-0.3, -0.25) is 0 Å². The van der Waals surface area contributed by atoms with E-state index in [0.717, 1.165) is 0 Å². The predicted octanol–water partition coefficient (Wildman–Crippen LogP) is -1.26. The molecule has 0 aliphatic rings. The Balaban J connectivity index is 4.36. The molecule has 0 aliphatic carbocycles. The monoisotopic (exact) mass is 218 g/mol. The van der Waals surface area contributed by atoms with E-state index in [1.165, 1.54) is 21.3 Å². The summed E-state index contributed by atoms with van der Waals surface area (Å²) in [6.45, 7) is 0. The van der Waals surface area contributed by atoms with Crippen LogP contribution < -0.4 is 11.5 Å². The SMILES string of the molecule is COC(CC([Si])(OC)OC)N=C(N)N. The standard InChI is InChI=1S/C7H16N3O3Si/c1-11-5(10-6(8)9)4-7(14,12-2)13-3/h5H,4H2,1-3H3,(H4,8,9,10). The van der Waals surface area contributed by atoms with Crippen LogP contribution in [-0.4, -0.2) is 49.2 Å². The van der Waals surface area contributed by atoms with E-state index in [2.05, 4.69) is 15.2 Å². The van der Waals surface area contributed by atoms with Crippen LogP contribution in [0.4, 0.5) is 0 Å². The molecule has 0 aromatic carbocycles. The quantitative estimate of drug-likeness (QED) is 0.251. The van der Waals surface area contributed by atoms with Gasteiger partial charge >= 0.3 is 0 Å². The van der Waals surface area contributed by atoms with E-state index in [0.29, 0.717) is 6.42 Å². The van der Waals surface area contributed by atoms with Gasteiger partial charge in [-0.25, -0.2) is 4.99 Å². The Hall–Kier alpha value is -0.633. The van der Waals surface area contributed by atoms with Crippen LogP contribution in [0.2, 0.25) is 0 Å². The molecule has 7 heteroatoms. The molecule has 4 N–H and O–H groups in total. The Morgan fingerprint density at radius 2 is 1.86 bits per heavy atom. The van der Waals surface area contributed by atoms with Gasteiger partial charge in [0.1, 0.15) is 15.7 Å². The number of methoxy groups -OCH3 is 3. The molecular weight excluding hydrogens is 202 g/mol. The summed E-state index contributed by atoms with van der Waals surface area (Å²) in [5.41, 5.74) is 9.50. The fraction of sp³-hybridized carbons (Fsp3) is 0.857. The van der Waals surface area contributed by atoms with Crippen molar-refractivity contribution in [2.24, 2.45) is 16.5 Å². The molecule has 0 fully saturated rings. The summed E-state index contributed by atoms with van der Waals surface area (Å²) in [4.78, 5) is 3.84. The van der Waals surface area contributed by atoms with Gasteiger partial charge < -0.3 is 25.7 Å². The van der Waals surface area contributed by atoms with E-state index in [4.69, 9.17) is 25.7 Å². The number of hydrogen-bond donors (Lipinski definition) is 2. The van der Waals surface area contributed by atoms with Crippen molar-refractivity contribution < 1.29 is 14.2 Å². The molecule has 0 rings (SSSR count). The number of ether oxygens (including phenoxy) is 3. The minimum atomic E-state index is -0.945. The lowest BCUT2D eigenvalue weighted by Gasteiger charge is -2.28. The fourth-order valence-electron chi connectivity index (χ4n) is 0.828. The third-order valence-electron chi connectivity index (χ3n) is 1.67. The Morgan fingerprint density at radius 3 is 2.14 bits per heavy atom. The zero-order valence-corrected chi connectivity index (χ0v) is 9.61. The molecular formula is C7H16N3O3Si. The molecule has 0 heterocycles. The average Bonchev–Trinajstić information content (AvgIpc) is 2.16. The van der Waals surface area contributed by atoms with E-state index >= 15 is 0 Å². The molecule has 0 bridgehead atoms. The van der Waals surface area contributed by atoms with Gasteiger partial charge in [0.05, 0.1) is 0 Å². The lowest BCUT2D eigenvalue weighted by atomic mass is 10.3. The van der Waals surface area contributed by atoms with Crippen LogP contribution in [0.5, 0.6) is 0 Å². The molecule has 6 nitrogen and oxygen atoms in total. The van der Waals surface area contributed by atoms with E-state index < -0.39 is 11.6 Å². The summed E-state index contributed by atoms with van der Waals surface area (Å²) >= 11 is 0. The molecule has 0 amide bonds. The summed E-state index contributed by atoms with van der Waals surface area (Å²) in [5.74, 6) is -0.0435. The van der Waals surface area contributed by atoms with Crippen molar-refractivity contribution in [2.45, 2.75) is 18.1 Å². The van der Waals surface area contributed by atoms with Crippen LogP contribution in [0.15, 0.2) is 4.99 Å². The number of guanidine groups is 1. The van der Waals surface area contributed by atoms with Crippen LogP contribution in [0.1, 0.15) is 6.42 Å². The van der Waals surface area contributed by atoms with Crippen LogP contribution in [0.3, 0.4) is 0 Å². The lowest BCUT2D eigenvalue weighted by molar-refractivity contribution is -0.162. The van der Waals surface area contributed by atoms with Crippen LogP contribution >= 0.6 is 0 Å². The van der Waals surface area contributed by atoms with Crippen molar-refractivity contribution in [3.8, 4) is 0 Å². The second-order valence-corrected chi connectivity index (χ2v) is 3.37. The maximum Gasteiger partial charge on any atom is 0.188 e. The number of hydrogen-bond acceptors (Lipinski definition) is 4. The largest absolute Gasteiger partial charge is 0.370 e. The van der Waals surface area contributed by atoms with Crippen molar-refractivity contribution in [1.29, 1.82) is 0 Å². The molecule has 0 aromatic rings. The summed E-state index contributed by atoms with van der Waals surface area (Å²) < 4.78 is 15.1. The Labute approximate surface area is 87.0 Å². The second kappa shape index (κ2) is 5.97. The lowest BCUT2D eigenvalue weighted by Crippen LogP contribution is -2.39. The third kappa shape index (κ3) is 4.56. The average molecular weight is 218 g/mol. The molecule has 3 radical (unpaired) electrons. The summed E-state index contributed by atoms with van der Waals surface area (Å²) in [7, 11) is 7.79. The minimum absolute atomic E-state index is 0.0435. The Bertz CT molecular complexity index is 193. The highest BCUT2D eigenvalue weighted by molar-refractivity contribution is 6.13. The van der Waals surface area contributed by atoms with Crippen molar-refractivity contribution in [1.82, 2.24) is 0 Å². The molecule has 1 unspecified atom stereocenters. The highest BCUT2D eigenvalue weighted by atomic mass is 28.1. The maximum absolute atomic E-state index is 5.22. The van der Waals surface area contributed by atoms with E-state index in [9.17, 15) is 0 Å². The van der Waals surface area contributed by atoms with Crippen LogP contribution in [-0.2, 0) is 14.2 Å². The Morgan fingerprint density at radius 1 is 1.36 bits per heavy atom. The van der Waals surface area contributed by atoms with Gasteiger partial charge in [-0.2, -0.15) is 0 Å². The van der Waals surface area contributed by atoms with Gasteiger partial charge in [0.15, 0.2) is 12.2 Å². The zero-order chi connectivity index (χ0) is 11.2. The van der Waals surface area contributed by atoms with Gasteiger partial charge in [-0.1, -0.05) is 0 Å². The van der Waals surface area contributed by atoms with Crippen LogP contribution in [0.25, 0.3) is 0 Å². The second-order valence-electron chi connectivity index (χ2n) is 2.61. The first kappa shape index (κ1) is 13.4. The first-order valence-electron chi connectivity index (χ1n) is 3.94. The van der Waals surface area contributed by atoms with Crippen molar-refractivity contribution in [3.05, 3.63) is 0 Å². The van der Waals surface area contributed by atoms with Gasteiger partial charge in [0, 0.05) is 27.8 Å². The van der Waals surface area contributed by atoms with E-state index in [1.807, 2.05) is 0 Å². The van der Waals surface area contributed by atoms with Crippen LogP contribution in [0, 0.1) is 0 Å². The molecule has 0 aromatic heterocycles. The predicted molar refractivity (Wildman–Crippen MR) is 53.7 cm³/mol. The summed E-state index contributed by atoms with van der Waals surface area (Å²) in [6.07, 6.45) is -0.192. The van der Waals surface area contributed by atoms with Crippen molar-refractivity contribution >= 4 is 16.2 Å². The molecule has 0 aliphatic heterocycles. The normalized spacial score (nSPS) is 13.7. The third-order valence-corrected chi connectivity index (χ3v) is 2.28. The first-order chi connectivity index (χ1) is 6.47. The molecule has 0 saturated carbocycles. The van der Waals surface area contributed by atoms with Gasteiger partial charge in [0.25, 0.3) is 0 Å². The van der Waals surface area contributed by atoms with E-state index in [-0.39, 0.29) is 5.96 Å². The number of nitrogens with two attached hydrogens (primary N) is 2. The van der Waals surface area contributed by atoms with Crippen molar-refractivity contribution in [2.75, 3.05) is 21.3 Å². The van der Waals surface area contributed by atoms with E-state index in [1.54, 1.807) is 0 Å². The van der Waals surface area contributed by atoms with Gasteiger partial charge in [-0.05, 0) is 0 Å². The number of nitrogens with zero attached hydrogens (tertiary/aromatic N) is 1. The topological polar surface area (TPSA) is 92.1 Å². The molecule has 0 saturated heterocycles. The maximum atomic E-state index is 5.22. The molecule has 0 spiro atoms. The smallest absolute Gasteiger partial charge is 0.188 e. The van der Waals surface area contributed by atoms with Crippen molar-refractivity contribution in [3.63, 3.8) is 0 Å². The van der Waals surface area contributed by atoms with Gasteiger partial charge in [0.2, 0.25) is 0 Å². The summed E-state index contributed by atoms with van der Waals surface area (Å²) in [6, 6.07) is 0. The number of aliphatic imine (C=N–C) groups is 1. The first-order valence-corrected chi connectivity index (χ1v) is 4.44. The fourth-order valence-corrected chi connectivity index (χ4v) is 1.00. The molecule has 14 heavy (non-hydrogen) atoms. The minimum Gasteiger partial charge on any atom is -0.370 e. The number of rotatable bonds is 6. The Kier molecular flexibility index (Phi) is 5.70. The molecule has 81 valence electrons. The highest BCUT2D eigenvalue weighted by Gasteiger charge is 2.27. The zero-order valence-electron chi connectivity index (χ0n) is 8.61.